The molecule has 2 aliphatic rings. The standard InChI is InChI=1S/C24H28FNO3/c1-2-15-28-20-11-12-22(29-16-20)24(27)26-14-13-17-5-3-4-6-21(17)23(26)18-7-9-19(25)10-8-18/h3-10,20,22-23H,2,11-16H2,1H3/t20?,22-,23+/m1/s1. The fraction of sp³-hybridized carbons (Fsp3) is 0.458. The minimum atomic E-state index is -0.440. The van der Waals surface area contributed by atoms with E-state index in [0.29, 0.717) is 19.6 Å². The van der Waals surface area contributed by atoms with Crippen LogP contribution < -0.4 is 0 Å². The van der Waals surface area contributed by atoms with Gasteiger partial charge in [-0.05, 0) is 54.5 Å². The van der Waals surface area contributed by atoms with E-state index in [2.05, 4.69) is 19.1 Å². The van der Waals surface area contributed by atoms with Crippen LogP contribution in [-0.2, 0) is 20.7 Å². The van der Waals surface area contributed by atoms with E-state index in [1.54, 1.807) is 12.1 Å². The van der Waals surface area contributed by atoms with Gasteiger partial charge in [-0.25, -0.2) is 4.39 Å². The van der Waals surface area contributed by atoms with E-state index < -0.39 is 6.10 Å². The van der Waals surface area contributed by atoms with Crippen LogP contribution in [0.2, 0.25) is 0 Å². The molecular formula is C24H28FNO3. The van der Waals surface area contributed by atoms with Gasteiger partial charge in [0.25, 0.3) is 5.91 Å². The van der Waals surface area contributed by atoms with E-state index in [9.17, 15) is 9.18 Å². The maximum atomic E-state index is 13.5. The van der Waals surface area contributed by atoms with E-state index in [0.717, 1.165) is 37.0 Å². The molecule has 0 bridgehead atoms. The van der Waals surface area contributed by atoms with Crippen LogP contribution in [0.15, 0.2) is 48.5 Å². The fourth-order valence-electron chi connectivity index (χ4n) is 4.33. The molecule has 1 saturated heterocycles. The summed E-state index contributed by atoms with van der Waals surface area (Å²) >= 11 is 0. The normalized spacial score (nSPS) is 24.2. The Morgan fingerprint density at radius 1 is 1.17 bits per heavy atom. The zero-order valence-electron chi connectivity index (χ0n) is 16.9. The molecule has 1 unspecified atom stereocenters. The van der Waals surface area contributed by atoms with Crippen molar-refractivity contribution in [1.82, 2.24) is 4.90 Å². The number of ether oxygens (including phenoxy) is 2. The molecule has 0 aromatic heterocycles. The fourth-order valence-corrected chi connectivity index (χ4v) is 4.33. The number of halogens is 1. The summed E-state index contributed by atoms with van der Waals surface area (Å²) in [5.41, 5.74) is 3.27. The molecule has 1 fully saturated rings. The highest BCUT2D eigenvalue weighted by atomic mass is 19.1. The molecule has 0 N–H and O–H groups in total. The van der Waals surface area contributed by atoms with Gasteiger partial charge >= 0.3 is 0 Å². The smallest absolute Gasteiger partial charge is 0.252 e. The molecule has 1 amide bonds. The first kappa shape index (κ1) is 20.0. The molecule has 3 atom stereocenters. The van der Waals surface area contributed by atoms with Crippen molar-refractivity contribution in [2.45, 2.75) is 50.9 Å². The molecule has 5 heteroatoms. The first-order valence-electron chi connectivity index (χ1n) is 10.5. The Balaban J connectivity index is 1.55. The van der Waals surface area contributed by atoms with Crippen LogP contribution in [0.5, 0.6) is 0 Å². The lowest BCUT2D eigenvalue weighted by Gasteiger charge is -2.40. The largest absolute Gasteiger partial charge is 0.376 e. The quantitative estimate of drug-likeness (QED) is 0.756. The van der Waals surface area contributed by atoms with Crippen LogP contribution in [0.4, 0.5) is 4.39 Å². The molecule has 2 aromatic carbocycles. The second-order valence-electron chi connectivity index (χ2n) is 7.83. The third kappa shape index (κ3) is 4.36. The van der Waals surface area contributed by atoms with E-state index in [4.69, 9.17) is 9.47 Å². The van der Waals surface area contributed by atoms with Crippen molar-refractivity contribution in [3.05, 3.63) is 71.0 Å². The summed E-state index contributed by atoms with van der Waals surface area (Å²) in [5.74, 6) is -0.257. The summed E-state index contributed by atoms with van der Waals surface area (Å²) in [6, 6.07) is 14.5. The Bertz CT molecular complexity index is 830. The average Bonchev–Trinajstić information content (AvgIpc) is 2.77. The minimum Gasteiger partial charge on any atom is -0.376 e. The molecule has 0 saturated carbocycles. The summed E-state index contributed by atoms with van der Waals surface area (Å²) in [7, 11) is 0. The monoisotopic (exact) mass is 397 g/mol. The Morgan fingerprint density at radius 3 is 2.69 bits per heavy atom. The van der Waals surface area contributed by atoms with E-state index >= 15 is 0 Å². The SMILES string of the molecule is CCCOC1CC[C@H](C(=O)N2CCc3ccccc3[C@@H]2c2ccc(F)cc2)OC1. The highest BCUT2D eigenvalue weighted by Gasteiger charge is 2.37. The maximum Gasteiger partial charge on any atom is 0.252 e. The maximum absolute atomic E-state index is 13.5. The van der Waals surface area contributed by atoms with Crippen molar-refractivity contribution in [3.8, 4) is 0 Å². The van der Waals surface area contributed by atoms with Crippen LogP contribution in [-0.4, -0.2) is 42.8 Å². The highest BCUT2D eigenvalue weighted by Crippen LogP contribution is 2.36. The molecule has 0 spiro atoms. The van der Waals surface area contributed by atoms with Crippen molar-refractivity contribution < 1.29 is 18.7 Å². The average molecular weight is 397 g/mol. The molecule has 29 heavy (non-hydrogen) atoms. The number of benzene rings is 2. The first-order valence-corrected chi connectivity index (χ1v) is 10.5. The summed E-state index contributed by atoms with van der Waals surface area (Å²) < 4.78 is 25.2. The molecule has 4 rings (SSSR count). The zero-order valence-corrected chi connectivity index (χ0v) is 16.9. The minimum absolute atomic E-state index is 0.0165. The summed E-state index contributed by atoms with van der Waals surface area (Å²) in [5, 5.41) is 0. The Morgan fingerprint density at radius 2 is 1.97 bits per heavy atom. The molecule has 4 nitrogen and oxygen atoms in total. The van der Waals surface area contributed by atoms with Gasteiger partial charge in [0.2, 0.25) is 0 Å². The van der Waals surface area contributed by atoms with E-state index in [1.165, 1.54) is 17.7 Å². The third-order valence-corrected chi connectivity index (χ3v) is 5.82. The van der Waals surface area contributed by atoms with Gasteiger partial charge in [-0.3, -0.25) is 4.79 Å². The van der Waals surface area contributed by atoms with Gasteiger partial charge in [0.15, 0.2) is 0 Å². The topological polar surface area (TPSA) is 38.8 Å². The number of carbonyl (C=O) groups is 1. The number of amides is 1. The first-order chi connectivity index (χ1) is 14.2. The molecular weight excluding hydrogens is 369 g/mol. The molecule has 2 heterocycles. The van der Waals surface area contributed by atoms with E-state index in [1.807, 2.05) is 17.0 Å². The van der Waals surface area contributed by atoms with Gasteiger partial charge in [0.05, 0.1) is 18.8 Å². The number of rotatable bonds is 5. The van der Waals surface area contributed by atoms with Crippen molar-refractivity contribution in [1.29, 1.82) is 0 Å². The van der Waals surface area contributed by atoms with Crippen LogP contribution in [0, 0.1) is 5.82 Å². The lowest BCUT2D eigenvalue weighted by atomic mass is 9.87. The van der Waals surface area contributed by atoms with Crippen LogP contribution >= 0.6 is 0 Å². The third-order valence-electron chi connectivity index (χ3n) is 5.82. The zero-order chi connectivity index (χ0) is 20.2. The summed E-state index contributed by atoms with van der Waals surface area (Å²) in [6.07, 6.45) is 2.93. The van der Waals surface area contributed by atoms with Crippen molar-refractivity contribution >= 4 is 5.91 Å². The lowest BCUT2D eigenvalue weighted by molar-refractivity contribution is -0.155. The molecule has 2 aromatic rings. The van der Waals surface area contributed by atoms with Gasteiger partial charge in [0, 0.05) is 13.2 Å². The van der Waals surface area contributed by atoms with Gasteiger partial charge in [-0.2, -0.15) is 0 Å². The molecule has 0 aliphatic carbocycles. The number of hydrogen-bond donors (Lipinski definition) is 0. The predicted octanol–water partition coefficient (Wildman–Crippen LogP) is 4.27. The molecule has 0 radical (unpaired) electrons. The van der Waals surface area contributed by atoms with Crippen molar-refractivity contribution in [2.24, 2.45) is 0 Å². The number of nitrogens with zero attached hydrogens (tertiary/aromatic N) is 1. The molecule has 2 aliphatic heterocycles. The Kier molecular flexibility index (Phi) is 6.26. The second kappa shape index (κ2) is 9.06. The number of fused-ring (bicyclic) bond motifs is 1. The van der Waals surface area contributed by atoms with Crippen molar-refractivity contribution in [2.75, 3.05) is 19.8 Å². The summed E-state index contributed by atoms with van der Waals surface area (Å²) in [4.78, 5) is 15.3. The van der Waals surface area contributed by atoms with Crippen LogP contribution in [0.3, 0.4) is 0 Å². The Labute approximate surface area is 171 Å². The lowest BCUT2D eigenvalue weighted by Crippen LogP contribution is -2.48. The van der Waals surface area contributed by atoms with E-state index in [-0.39, 0.29) is 23.9 Å². The van der Waals surface area contributed by atoms with Crippen LogP contribution in [0.25, 0.3) is 0 Å². The van der Waals surface area contributed by atoms with Gasteiger partial charge in [-0.1, -0.05) is 43.3 Å². The summed E-state index contributed by atoms with van der Waals surface area (Å²) in [6.45, 7) is 3.90. The van der Waals surface area contributed by atoms with Crippen molar-refractivity contribution in [3.63, 3.8) is 0 Å². The predicted molar refractivity (Wildman–Crippen MR) is 109 cm³/mol. The Hall–Kier alpha value is -2.24. The van der Waals surface area contributed by atoms with Crippen LogP contribution in [0.1, 0.15) is 48.9 Å². The van der Waals surface area contributed by atoms with Gasteiger partial charge in [0.1, 0.15) is 11.9 Å². The van der Waals surface area contributed by atoms with Gasteiger partial charge < -0.3 is 14.4 Å². The number of hydrogen-bond acceptors (Lipinski definition) is 3. The second-order valence-corrected chi connectivity index (χ2v) is 7.83. The highest BCUT2D eigenvalue weighted by molar-refractivity contribution is 5.82. The molecule has 154 valence electrons. The van der Waals surface area contributed by atoms with Gasteiger partial charge in [-0.15, -0.1) is 0 Å². The number of carbonyl (C=O) groups excluding carboxylic acids is 1.